The Kier molecular flexibility index (Phi) is 7.39. The molecule has 0 saturated carbocycles. The molecule has 0 aromatic heterocycles. The van der Waals surface area contributed by atoms with Crippen molar-refractivity contribution in [2.45, 2.75) is 26.8 Å². The monoisotopic (exact) mass is 468 g/mol. The molecule has 0 spiro atoms. The van der Waals surface area contributed by atoms with Crippen LogP contribution in [0.25, 0.3) is 0 Å². The summed E-state index contributed by atoms with van der Waals surface area (Å²) in [5.41, 5.74) is 2.49. The van der Waals surface area contributed by atoms with Crippen LogP contribution in [0.15, 0.2) is 59.8 Å². The Morgan fingerprint density at radius 3 is 2.52 bits per heavy atom. The summed E-state index contributed by atoms with van der Waals surface area (Å²) in [6, 6.07) is 11.9. The summed E-state index contributed by atoms with van der Waals surface area (Å²) in [5.74, 6) is -0.888. The number of non-ortho nitro benzene ring substituents is 1. The number of amides is 1. The molecule has 172 valence electrons. The predicted octanol–water partition coefficient (Wildman–Crippen LogP) is 3.94. The number of nitrogens with one attached hydrogen (secondary N) is 2. The number of nitro groups is 1. The highest BCUT2D eigenvalue weighted by Gasteiger charge is 2.34. The molecule has 0 saturated heterocycles. The Bertz CT molecular complexity index is 1130. The van der Waals surface area contributed by atoms with Crippen molar-refractivity contribution in [3.8, 4) is 0 Å². The summed E-state index contributed by atoms with van der Waals surface area (Å²) in [6.07, 6.45) is 0. The molecule has 1 atom stereocenters. The van der Waals surface area contributed by atoms with Gasteiger partial charge in [-0.1, -0.05) is 18.2 Å². The maximum atomic E-state index is 12.7. The Balaban J connectivity index is 1.85. The molecular weight excluding hydrogens is 444 g/mol. The number of hydrogen-bond acceptors (Lipinski definition) is 6. The van der Waals surface area contributed by atoms with E-state index in [1.54, 1.807) is 31.2 Å². The third-order valence-corrected chi connectivity index (χ3v) is 5.57. The Labute approximate surface area is 196 Å². The first-order chi connectivity index (χ1) is 15.8. The molecule has 0 radical (unpaired) electrons. The number of nitro benzene ring substituents is 1. The maximum Gasteiger partial charge on any atom is 0.338 e. The van der Waals surface area contributed by atoms with E-state index < -0.39 is 22.8 Å². The van der Waals surface area contributed by atoms with Crippen LogP contribution in [0.5, 0.6) is 0 Å². The lowest BCUT2D eigenvalue weighted by atomic mass is 9.95. The smallest absolute Gasteiger partial charge is 0.338 e. The van der Waals surface area contributed by atoms with Crippen molar-refractivity contribution < 1.29 is 19.2 Å². The predicted molar refractivity (Wildman–Crippen MR) is 128 cm³/mol. The third-order valence-electron chi connectivity index (χ3n) is 5.23. The summed E-state index contributed by atoms with van der Waals surface area (Å²) in [6.45, 7) is 6.39. The van der Waals surface area contributed by atoms with Crippen molar-refractivity contribution in [1.29, 1.82) is 0 Å². The standard InChI is InChI=1S/C23H24N4O5S/c1-4-26-14(3)19(22(29)32-5-2)20(25-23(26)33)15-9-11-17(12-10-15)24-21(28)16-7-6-8-18(13-16)27(30)31/h6-13,20H,4-5H2,1-3H3,(H,24,28)(H,25,33). The molecule has 1 aliphatic rings. The zero-order valence-electron chi connectivity index (χ0n) is 18.5. The molecule has 9 nitrogen and oxygen atoms in total. The van der Waals surface area contributed by atoms with Crippen LogP contribution in [0.4, 0.5) is 11.4 Å². The van der Waals surface area contributed by atoms with Crippen LogP contribution in [0.2, 0.25) is 0 Å². The second-order valence-corrected chi connectivity index (χ2v) is 7.62. The van der Waals surface area contributed by atoms with E-state index in [4.69, 9.17) is 17.0 Å². The van der Waals surface area contributed by atoms with Gasteiger partial charge in [0.1, 0.15) is 0 Å². The van der Waals surface area contributed by atoms with Gasteiger partial charge >= 0.3 is 5.97 Å². The number of hydrogen-bond donors (Lipinski definition) is 2. The molecular formula is C23H24N4O5S. The summed E-state index contributed by atoms with van der Waals surface area (Å²) in [7, 11) is 0. The number of rotatable bonds is 7. The van der Waals surface area contributed by atoms with E-state index >= 15 is 0 Å². The maximum absolute atomic E-state index is 12.7. The van der Waals surface area contributed by atoms with Crippen molar-refractivity contribution in [2.75, 3.05) is 18.5 Å². The number of ether oxygens (including phenoxy) is 1. The molecule has 2 N–H and O–H groups in total. The van der Waals surface area contributed by atoms with E-state index in [0.29, 0.717) is 22.9 Å². The van der Waals surface area contributed by atoms with Crippen LogP contribution in [0.1, 0.15) is 42.7 Å². The molecule has 1 heterocycles. The van der Waals surface area contributed by atoms with Crippen molar-refractivity contribution in [1.82, 2.24) is 10.2 Å². The normalized spacial score (nSPS) is 15.7. The van der Waals surface area contributed by atoms with Crippen molar-refractivity contribution >= 4 is 40.6 Å². The van der Waals surface area contributed by atoms with Gasteiger partial charge in [0.05, 0.1) is 23.1 Å². The number of benzene rings is 2. The summed E-state index contributed by atoms with van der Waals surface area (Å²) >= 11 is 5.47. The van der Waals surface area contributed by atoms with Gasteiger partial charge in [-0.25, -0.2) is 4.79 Å². The zero-order valence-corrected chi connectivity index (χ0v) is 19.3. The van der Waals surface area contributed by atoms with Gasteiger partial charge in [0.25, 0.3) is 11.6 Å². The lowest BCUT2D eigenvalue weighted by Crippen LogP contribution is -2.47. The number of thiocarbonyl (C=S) groups is 1. The van der Waals surface area contributed by atoms with E-state index in [9.17, 15) is 19.7 Å². The number of carbonyl (C=O) groups is 2. The van der Waals surface area contributed by atoms with Gasteiger partial charge in [-0.2, -0.15) is 0 Å². The second kappa shape index (κ2) is 10.2. The minimum Gasteiger partial charge on any atom is -0.463 e. The molecule has 1 amide bonds. The molecule has 2 aromatic carbocycles. The summed E-state index contributed by atoms with van der Waals surface area (Å²) < 4.78 is 5.27. The third kappa shape index (κ3) is 5.17. The van der Waals surface area contributed by atoms with Crippen LogP contribution in [-0.2, 0) is 9.53 Å². The highest BCUT2D eigenvalue weighted by molar-refractivity contribution is 7.80. The Hall–Kier alpha value is -3.79. The quantitative estimate of drug-likeness (QED) is 0.272. The lowest BCUT2D eigenvalue weighted by molar-refractivity contribution is -0.384. The second-order valence-electron chi connectivity index (χ2n) is 7.23. The highest BCUT2D eigenvalue weighted by atomic mass is 32.1. The number of allylic oxidation sites excluding steroid dienone is 1. The van der Waals surface area contributed by atoms with Crippen LogP contribution >= 0.6 is 12.2 Å². The number of carbonyl (C=O) groups excluding carboxylic acids is 2. The van der Waals surface area contributed by atoms with Crippen LogP contribution in [0, 0.1) is 10.1 Å². The highest BCUT2D eigenvalue weighted by Crippen LogP contribution is 2.32. The molecule has 1 unspecified atom stereocenters. The van der Waals surface area contributed by atoms with Gasteiger partial charge in [-0.05, 0) is 56.8 Å². The molecule has 3 rings (SSSR count). The lowest BCUT2D eigenvalue weighted by Gasteiger charge is -2.37. The molecule has 1 aliphatic heterocycles. The van der Waals surface area contributed by atoms with Gasteiger partial charge < -0.3 is 20.3 Å². The van der Waals surface area contributed by atoms with Gasteiger partial charge in [0.15, 0.2) is 5.11 Å². The van der Waals surface area contributed by atoms with Crippen molar-refractivity contribution in [3.63, 3.8) is 0 Å². The van der Waals surface area contributed by atoms with Gasteiger partial charge in [-0.15, -0.1) is 0 Å². The molecule has 0 fully saturated rings. The largest absolute Gasteiger partial charge is 0.463 e. The Morgan fingerprint density at radius 2 is 1.91 bits per heavy atom. The number of anilines is 1. The first-order valence-electron chi connectivity index (χ1n) is 10.4. The van der Waals surface area contributed by atoms with E-state index in [2.05, 4.69) is 10.6 Å². The van der Waals surface area contributed by atoms with Crippen molar-refractivity contribution in [3.05, 3.63) is 81.0 Å². The van der Waals surface area contributed by atoms with Crippen LogP contribution in [0.3, 0.4) is 0 Å². The minimum atomic E-state index is -0.552. The SMILES string of the molecule is CCOC(=O)C1=C(C)N(CC)C(=S)NC1c1ccc(NC(=O)c2cccc([N+](=O)[O-])c2)cc1. The van der Waals surface area contributed by atoms with Crippen LogP contribution < -0.4 is 10.6 Å². The molecule has 0 aliphatic carbocycles. The summed E-state index contributed by atoms with van der Waals surface area (Å²) in [4.78, 5) is 37.4. The molecule has 10 heteroatoms. The zero-order chi connectivity index (χ0) is 24.1. The average molecular weight is 469 g/mol. The fourth-order valence-corrected chi connectivity index (χ4v) is 3.99. The first kappa shape index (κ1) is 23.9. The van der Waals surface area contributed by atoms with Gasteiger partial charge in [0, 0.05) is 35.6 Å². The fraction of sp³-hybridized carbons (Fsp3) is 0.261. The molecule has 2 aromatic rings. The minimum absolute atomic E-state index is 0.160. The number of nitrogens with zero attached hydrogens (tertiary/aromatic N) is 2. The molecule has 0 bridgehead atoms. The van der Waals surface area contributed by atoms with Crippen molar-refractivity contribution in [2.24, 2.45) is 0 Å². The van der Waals surface area contributed by atoms with Gasteiger partial charge in [0.2, 0.25) is 0 Å². The van der Waals surface area contributed by atoms with E-state index in [-0.39, 0.29) is 17.9 Å². The first-order valence-corrected chi connectivity index (χ1v) is 10.8. The van der Waals surface area contributed by atoms with Gasteiger partial charge in [-0.3, -0.25) is 14.9 Å². The Morgan fingerprint density at radius 1 is 1.21 bits per heavy atom. The van der Waals surface area contributed by atoms with E-state index in [1.807, 2.05) is 18.7 Å². The molecule has 33 heavy (non-hydrogen) atoms. The van der Waals surface area contributed by atoms with Crippen LogP contribution in [-0.4, -0.2) is 40.0 Å². The summed E-state index contributed by atoms with van der Waals surface area (Å²) in [5, 5.41) is 17.4. The topological polar surface area (TPSA) is 114 Å². The average Bonchev–Trinajstić information content (AvgIpc) is 2.79. The number of esters is 1. The fourth-order valence-electron chi connectivity index (χ4n) is 3.61. The van der Waals surface area contributed by atoms with E-state index in [0.717, 1.165) is 11.3 Å². The van der Waals surface area contributed by atoms with E-state index in [1.165, 1.54) is 24.3 Å².